The van der Waals surface area contributed by atoms with Crippen molar-refractivity contribution in [3.63, 3.8) is 0 Å². The molecule has 0 saturated carbocycles. The molecule has 3 heterocycles. The van der Waals surface area contributed by atoms with Gasteiger partial charge < -0.3 is 9.88 Å². The fourth-order valence-corrected chi connectivity index (χ4v) is 3.67. The van der Waals surface area contributed by atoms with Gasteiger partial charge in [0.05, 0.1) is 11.9 Å². The summed E-state index contributed by atoms with van der Waals surface area (Å²) in [6, 6.07) is 10.0. The molecule has 3 aromatic rings. The van der Waals surface area contributed by atoms with Crippen LogP contribution in [0.1, 0.15) is 24.5 Å². The van der Waals surface area contributed by atoms with E-state index in [1.54, 1.807) is 24.4 Å². The standard InChI is InChI=1S/C21H21F2N3/c1-26-10-7-14(8-11-26)20-12-18(17-6-9-24-13-19(17)23)21(25-20)15-2-4-16(22)5-3-15/h2-6,9,12-14,25H,7-8,10-11H2,1H3. The molecule has 0 amide bonds. The van der Waals surface area contributed by atoms with Crippen molar-refractivity contribution >= 4 is 0 Å². The molecule has 1 aromatic carbocycles. The molecule has 0 unspecified atom stereocenters. The number of aromatic amines is 1. The summed E-state index contributed by atoms with van der Waals surface area (Å²) in [5.41, 5.74) is 4.09. The number of nitrogens with one attached hydrogen (secondary N) is 1. The second-order valence-corrected chi connectivity index (χ2v) is 6.95. The van der Waals surface area contributed by atoms with Crippen LogP contribution in [0.4, 0.5) is 8.78 Å². The maximum Gasteiger partial charge on any atom is 0.149 e. The first-order chi connectivity index (χ1) is 12.6. The number of H-pyrrole nitrogens is 1. The molecule has 1 aliphatic heterocycles. The van der Waals surface area contributed by atoms with Crippen LogP contribution >= 0.6 is 0 Å². The lowest BCUT2D eigenvalue weighted by Gasteiger charge is -2.28. The fourth-order valence-electron chi connectivity index (χ4n) is 3.67. The van der Waals surface area contributed by atoms with Crippen molar-refractivity contribution in [2.24, 2.45) is 0 Å². The van der Waals surface area contributed by atoms with Crippen molar-refractivity contribution in [2.75, 3.05) is 20.1 Å². The third kappa shape index (κ3) is 3.27. The summed E-state index contributed by atoms with van der Waals surface area (Å²) in [4.78, 5) is 9.67. The quantitative estimate of drug-likeness (QED) is 0.731. The fraction of sp³-hybridized carbons (Fsp3) is 0.286. The largest absolute Gasteiger partial charge is 0.358 e. The van der Waals surface area contributed by atoms with E-state index in [0.717, 1.165) is 48.4 Å². The summed E-state index contributed by atoms with van der Waals surface area (Å²) < 4.78 is 27.7. The number of pyridine rings is 1. The number of hydrogen-bond donors (Lipinski definition) is 1. The Morgan fingerprint density at radius 1 is 1.04 bits per heavy atom. The van der Waals surface area contributed by atoms with Gasteiger partial charge in [0.15, 0.2) is 0 Å². The van der Waals surface area contributed by atoms with E-state index < -0.39 is 0 Å². The summed E-state index contributed by atoms with van der Waals surface area (Å²) >= 11 is 0. The number of hydrogen-bond acceptors (Lipinski definition) is 2. The van der Waals surface area contributed by atoms with Crippen LogP contribution in [0.25, 0.3) is 22.4 Å². The molecule has 134 valence electrons. The van der Waals surface area contributed by atoms with Crippen LogP contribution in [-0.4, -0.2) is 35.0 Å². The number of rotatable bonds is 3. The molecule has 1 fully saturated rings. The van der Waals surface area contributed by atoms with Gasteiger partial charge >= 0.3 is 0 Å². The van der Waals surface area contributed by atoms with Crippen LogP contribution in [0.15, 0.2) is 48.8 Å². The molecule has 4 rings (SSSR count). The second kappa shape index (κ2) is 7.00. The predicted molar refractivity (Wildman–Crippen MR) is 98.8 cm³/mol. The average Bonchev–Trinajstić information content (AvgIpc) is 3.08. The average molecular weight is 353 g/mol. The summed E-state index contributed by atoms with van der Waals surface area (Å²) in [6.45, 7) is 2.10. The molecule has 0 aliphatic carbocycles. The summed E-state index contributed by atoms with van der Waals surface area (Å²) in [6.07, 6.45) is 4.96. The van der Waals surface area contributed by atoms with Gasteiger partial charge in [0, 0.05) is 28.9 Å². The minimum atomic E-state index is -0.357. The summed E-state index contributed by atoms with van der Waals surface area (Å²) in [5.74, 6) is -0.221. The molecule has 0 spiro atoms. The SMILES string of the molecule is CN1CCC(c2cc(-c3ccncc3F)c(-c3ccc(F)cc3)[nH]2)CC1. The number of nitrogens with zero attached hydrogens (tertiary/aromatic N) is 2. The van der Waals surface area contributed by atoms with E-state index in [1.165, 1.54) is 18.3 Å². The molecule has 0 atom stereocenters. The Balaban J connectivity index is 1.80. The van der Waals surface area contributed by atoms with E-state index in [2.05, 4.69) is 21.9 Å². The van der Waals surface area contributed by atoms with Crippen molar-refractivity contribution in [1.82, 2.24) is 14.9 Å². The molecule has 0 bridgehead atoms. The molecule has 3 nitrogen and oxygen atoms in total. The Kier molecular flexibility index (Phi) is 4.55. The molecule has 26 heavy (non-hydrogen) atoms. The molecule has 2 aromatic heterocycles. The van der Waals surface area contributed by atoms with Gasteiger partial charge in [0.1, 0.15) is 11.6 Å². The number of benzene rings is 1. The lowest BCUT2D eigenvalue weighted by Crippen LogP contribution is -2.29. The van der Waals surface area contributed by atoms with Gasteiger partial charge in [-0.1, -0.05) is 0 Å². The monoisotopic (exact) mass is 353 g/mol. The highest BCUT2D eigenvalue weighted by Gasteiger charge is 2.23. The van der Waals surface area contributed by atoms with Gasteiger partial charge in [-0.3, -0.25) is 4.98 Å². The molecular formula is C21H21F2N3. The molecule has 0 radical (unpaired) electrons. The van der Waals surface area contributed by atoms with Crippen LogP contribution in [-0.2, 0) is 0 Å². The molecule has 1 N–H and O–H groups in total. The van der Waals surface area contributed by atoms with Crippen LogP contribution in [0.3, 0.4) is 0 Å². The van der Waals surface area contributed by atoms with E-state index in [-0.39, 0.29) is 11.6 Å². The normalized spacial score (nSPS) is 16.1. The zero-order valence-corrected chi connectivity index (χ0v) is 14.7. The maximum absolute atomic E-state index is 14.4. The third-order valence-electron chi connectivity index (χ3n) is 5.19. The van der Waals surface area contributed by atoms with Crippen LogP contribution in [0.5, 0.6) is 0 Å². The Morgan fingerprint density at radius 3 is 2.46 bits per heavy atom. The first-order valence-electron chi connectivity index (χ1n) is 8.89. The van der Waals surface area contributed by atoms with Crippen molar-refractivity contribution in [2.45, 2.75) is 18.8 Å². The number of halogens is 2. The summed E-state index contributed by atoms with van der Waals surface area (Å²) in [7, 11) is 2.13. The molecular weight excluding hydrogens is 332 g/mol. The topological polar surface area (TPSA) is 31.9 Å². The van der Waals surface area contributed by atoms with Crippen molar-refractivity contribution in [1.29, 1.82) is 0 Å². The van der Waals surface area contributed by atoms with Gasteiger partial charge in [-0.15, -0.1) is 0 Å². The van der Waals surface area contributed by atoms with Crippen LogP contribution < -0.4 is 0 Å². The molecule has 5 heteroatoms. The van der Waals surface area contributed by atoms with Gasteiger partial charge in [-0.25, -0.2) is 8.78 Å². The number of aromatic nitrogens is 2. The van der Waals surface area contributed by atoms with Crippen molar-refractivity contribution in [3.8, 4) is 22.4 Å². The maximum atomic E-state index is 14.4. The predicted octanol–water partition coefficient (Wildman–Crippen LogP) is 4.83. The van der Waals surface area contributed by atoms with Gasteiger partial charge in [0.2, 0.25) is 0 Å². The van der Waals surface area contributed by atoms with Crippen molar-refractivity contribution in [3.05, 3.63) is 66.1 Å². The number of likely N-dealkylation sites (tertiary alicyclic amines) is 1. The van der Waals surface area contributed by atoms with E-state index in [9.17, 15) is 8.78 Å². The lowest BCUT2D eigenvalue weighted by atomic mass is 9.93. The lowest BCUT2D eigenvalue weighted by molar-refractivity contribution is 0.253. The Bertz CT molecular complexity index is 894. The molecule has 1 aliphatic rings. The van der Waals surface area contributed by atoms with Gasteiger partial charge in [-0.05, 0) is 74.9 Å². The Labute approximate surface area is 151 Å². The third-order valence-corrected chi connectivity index (χ3v) is 5.19. The van der Waals surface area contributed by atoms with Crippen molar-refractivity contribution < 1.29 is 8.78 Å². The minimum absolute atomic E-state index is 0.285. The zero-order chi connectivity index (χ0) is 18.1. The first kappa shape index (κ1) is 16.9. The zero-order valence-electron chi connectivity index (χ0n) is 14.7. The highest BCUT2D eigenvalue weighted by Crippen LogP contribution is 2.38. The van der Waals surface area contributed by atoms with Crippen LogP contribution in [0, 0.1) is 11.6 Å². The highest BCUT2D eigenvalue weighted by atomic mass is 19.1. The number of piperidine rings is 1. The van der Waals surface area contributed by atoms with E-state index in [0.29, 0.717) is 11.5 Å². The second-order valence-electron chi connectivity index (χ2n) is 6.95. The van der Waals surface area contributed by atoms with Gasteiger partial charge in [0.25, 0.3) is 0 Å². The van der Waals surface area contributed by atoms with E-state index in [4.69, 9.17) is 0 Å². The van der Waals surface area contributed by atoms with Gasteiger partial charge in [-0.2, -0.15) is 0 Å². The first-order valence-corrected chi connectivity index (χ1v) is 8.89. The smallest absolute Gasteiger partial charge is 0.149 e. The highest BCUT2D eigenvalue weighted by molar-refractivity contribution is 5.82. The van der Waals surface area contributed by atoms with E-state index >= 15 is 0 Å². The summed E-state index contributed by atoms with van der Waals surface area (Å²) in [5, 5.41) is 0. The molecule has 1 saturated heterocycles. The Hall–Kier alpha value is -2.53. The van der Waals surface area contributed by atoms with Crippen LogP contribution in [0.2, 0.25) is 0 Å². The van der Waals surface area contributed by atoms with E-state index in [1.807, 2.05) is 6.07 Å². The minimum Gasteiger partial charge on any atom is -0.358 e. The Morgan fingerprint density at radius 2 is 1.77 bits per heavy atom.